The molecular formula is C18H28O2. The first-order valence-electron chi connectivity index (χ1n) is 7.96. The molecule has 3 unspecified atom stereocenters. The van der Waals surface area contributed by atoms with E-state index in [4.69, 9.17) is 4.74 Å². The van der Waals surface area contributed by atoms with Gasteiger partial charge in [0.25, 0.3) is 0 Å². The lowest BCUT2D eigenvalue weighted by Gasteiger charge is -2.29. The summed E-state index contributed by atoms with van der Waals surface area (Å²) in [6.45, 7) is 6.82. The lowest BCUT2D eigenvalue weighted by atomic mass is 9.85. The number of aryl methyl sites for hydroxylation is 2. The van der Waals surface area contributed by atoms with E-state index in [9.17, 15) is 5.11 Å². The summed E-state index contributed by atoms with van der Waals surface area (Å²) in [5.41, 5.74) is 3.37. The molecule has 0 saturated heterocycles. The normalized spacial score (nSPS) is 24.6. The second kappa shape index (κ2) is 7.24. The smallest absolute Gasteiger partial charge is 0.102 e. The van der Waals surface area contributed by atoms with Crippen molar-refractivity contribution in [2.75, 3.05) is 6.61 Å². The minimum atomic E-state index is -0.504. The third kappa shape index (κ3) is 4.32. The molecule has 1 fully saturated rings. The molecule has 1 aliphatic carbocycles. The van der Waals surface area contributed by atoms with Gasteiger partial charge in [0.1, 0.15) is 6.10 Å². The van der Waals surface area contributed by atoms with Crippen LogP contribution in [0.1, 0.15) is 61.8 Å². The SMILES string of the molecule is CCC1CCCC(OCC(O)c2cc(C)cc(C)c2)C1. The summed E-state index contributed by atoms with van der Waals surface area (Å²) in [7, 11) is 0. The third-order valence-corrected chi connectivity index (χ3v) is 4.43. The topological polar surface area (TPSA) is 29.5 Å². The van der Waals surface area contributed by atoms with Crippen molar-refractivity contribution < 1.29 is 9.84 Å². The second-order valence-electron chi connectivity index (χ2n) is 6.33. The molecule has 0 spiro atoms. The van der Waals surface area contributed by atoms with Crippen LogP contribution in [0.2, 0.25) is 0 Å². The van der Waals surface area contributed by atoms with Crippen molar-refractivity contribution in [3.8, 4) is 0 Å². The quantitative estimate of drug-likeness (QED) is 0.867. The van der Waals surface area contributed by atoms with Gasteiger partial charge in [0.15, 0.2) is 0 Å². The Morgan fingerprint density at radius 2 is 1.90 bits per heavy atom. The van der Waals surface area contributed by atoms with Crippen LogP contribution in [0.5, 0.6) is 0 Å². The highest BCUT2D eigenvalue weighted by atomic mass is 16.5. The number of aliphatic hydroxyl groups excluding tert-OH is 1. The molecule has 1 saturated carbocycles. The highest BCUT2D eigenvalue weighted by Crippen LogP contribution is 2.29. The monoisotopic (exact) mass is 276 g/mol. The van der Waals surface area contributed by atoms with E-state index in [0.717, 1.165) is 24.3 Å². The van der Waals surface area contributed by atoms with Gasteiger partial charge in [-0.25, -0.2) is 0 Å². The van der Waals surface area contributed by atoms with Gasteiger partial charge in [0.05, 0.1) is 12.7 Å². The molecule has 0 aliphatic heterocycles. The van der Waals surface area contributed by atoms with Gasteiger partial charge in [-0.1, -0.05) is 55.5 Å². The number of rotatable bonds is 5. The van der Waals surface area contributed by atoms with Crippen molar-refractivity contribution in [2.24, 2.45) is 5.92 Å². The Morgan fingerprint density at radius 1 is 1.20 bits per heavy atom. The maximum Gasteiger partial charge on any atom is 0.102 e. The van der Waals surface area contributed by atoms with Crippen molar-refractivity contribution in [3.05, 3.63) is 34.9 Å². The van der Waals surface area contributed by atoms with Crippen molar-refractivity contribution in [1.82, 2.24) is 0 Å². The molecule has 0 aromatic heterocycles. The van der Waals surface area contributed by atoms with E-state index in [1.165, 1.54) is 30.4 Å². The zero-order valence-corrected chi connectivity index (χ0v) is 13.1. The fourth-order valence-corrected chi connectivity index (χ4v) is 3.29. The highest BCUT2D eigenvalue weighted by Gasteiger charge is 2.22. The summed E-state index contributed by atoms with van der Waals surface area (Å²) in [6.07, 6.45) is 6.01. The van der Waals surface area contributed by atoms with Crippen molar-refractivity contribution in [2.45, 2.75) is 65.1 Å². The number of benzene rings is 1. The average molecular weight is 276 g/mol. The van der Waals surface area contributed by atoms with E-state index < -0.39 is 6.10 Å². The standard InChI is InChI=1S/C18H28O2/c1-4-15-6-5-7-17(11-15)20-12-18(19)16-9-13(2)8-14(3)10-16/h8-10,15,17-19H,4-7,11-12H2,1-3H3. The fraction of sp³-hybridized carbons (Fsp3) is 0.667. The van der Waals surface area contributed by atoms with Gasteiger partial charge in [-0.2, -0.15) is 0 Å². The maximum atomic E-state index is 10.3. The van der Waals surface area contributed by atoms with E-state index in [2.05, 4.69) is 39.0 Å². The molecule has 0 radical (unpaired) electrons. The molecule has 20 heavy (non-hydrogen) atoms. The second-order valence-corrected chi connectivity index (χ2v) is 6.33. The molecule has 0 bridgehead atoms. The van der Waals surface area contributed by atoms with Crippen molar-refractivity contribution in [1.29, 1.82) is 0 Å². The summed E-state index contributed by atoms with van der Waals surface area (Å²) >= 11 is 0. The zero-order chi connectivity index (χ0) is 14.5. The lowest BCUT2D eigenvalue weighted by molar-refractivity contribution is -0.0339. The minimum absolute atomic E-state index is 0.342. The predicted molar refractivity (Wildman–Crippen MR) is 82.9 cm³/mol. The number of hydrogen-bond acceptors (Lipinski definition) is 2. The first kappa shape index (κ1) is 15.5. The van der Waals surface area contributed by atoms with Crippen LogP contribution in [0.4, 0.5) is 0 Å². The van der Waals surface area contributed by atoms with Crippen LogP contribution in [-0.4, -0.2) is 17.8 Å². The molecule has 0 amide bonds. The molecule has 2 rings (SSSR count). The van der Waals surface area contributed by atoms with Gasteiger partial charge < -0.3 is 9.84 Å². The van der Waals surface area contributed by atoms with Gasteiger partial charge in [0.2, 0.25) is 0 Å². The van der Waals surface area contributed by atoms with E-state index in [-0.39, 0.29) is 0 Å². The molecule has 0 heterocycles. The number of ether oxygens (including phenoxy) is 1. The molecule has 1 aliphatic rings. The van der Waals surface area contributed by atoms with E-state index in [1.807, 2.05) is 0 Å². The summed E-state index contributed by atoms with van der Waals surface area (Å²) < 4.78 is 5.96. The van der Waals surface area contributed by atoms with Gasteiger partial charge in [-0.05, 0) is 38.2 Å². The molecular weight excluding hydrogens is 248 g/mol. The first-order chi connectivity index (χ1) is 9.58. The van der Waals surface area contributed by atoms with E-state index in [0.29, 0.717) is 12.7 Å². The van der Waals surface area contributed by atoms with E-state index in [1.54, 1.807) is 0 Å². The fourth-order valence-electron chi connectivity index (χ4n) is 3.29. The van der Waals surface area contributed by atoms with Crippen LogP contribution in [0.3, 0.4) is 0 Å². The molecule has 3 atom stereocenters. The largest absolute Gasteiger partial charge is 0.386 e. The van der Waals surface area contributed by atoms with Crippen LogP contribution < -0.4 is 0 Å². The summed E-state index contributed by atoms with van der Waals surface area (Å²) in [5, 5.41) is 10.3. The van der Waals surface area contributed by atoms with Gasteiger partial charge >= 0.3 is 0 Å². The van der Waals surface area contributed by atoms with Gasteiger partial charge in [0, 0.05) is 0 Å². The highest BCUT2D eigenvalue weighted by molar-refractivity contribution is 5.29. The molecule has 2 heteroatoms. The van der Waals surface area contributed by atoms with Crippen molar-refractivity contribution >= 4 is 0 Å². The number of aliphatic hydroxyl groups is 1. The Bertz CT molecular complexity index is 407. The summed E-state index contributed by atoms with van der Waals surface area (Å²) in [6, 6.07) is 6.23. The Balaban J connectivity index is 1.86. The first-order valence-corrected chi connectivity index (χ1v) is 7.96. The Kier molecular flexibility index (Phi) is 5.62. The third-order valence-electron chi connectivity index (χ3n) is 4.43. The molecule has 1 N–H and O–H groups in total. The summed E-state index contributed by atoms with van der Waals surface area (Å²) in [4.78, 5) is 0. The van der Waals surface area contributed by atoms with Crippen LogP contribution >= 0.6 is 0 Å². The lowest BCUT2D eigenvalue weighted by Crippen LogP contribution is -2.24. The zero-order valence-electron chi connectivity index (χ0n) is 13.1. The Labute approximate surface area is 123 Å². The number of hydrogen-bond donors (Lipinski definition) is 1. The Hall–Kier alpha value is -0.860. The predicted octanol–water partition coefficient (Wildman–Crippen LogP) is 4.32. The molecule has 1 aromatic carbocycles. The molecule has 112 valence electrons. The molecule has 1 aromatic rings. The minimum Gasteiger partial charge on any atom is -0.386 e. The molecule has 2 nitrogen and oxygen atoms in total. The van der Waals surface area contributed by atoms with Crippen LogP contribution in [0, 0.1) is 19.8 Å². The van der Waals surface area contributed by atoms with Crippen LogP contribution in [0.25, 0.3) is 0 Å². The van der Waals surface area contributed by atoms with Gasteiger partial charge in [-0.3, -0.25) is 0 Å². The maximum absolute atomic E-state index is 10.3. The summed E-state index contributed by atoms with van der Waals surface area (Å²) in [5.74, 6) is 0.812. The Morgan fingerprint density at radius 3 is 2.55 bits per heavy atom. The average Bonchev–Trinajstić information content (AvgIpc) is 2.44. The van der Waals surface area contributed by atoms with Crippen LogP contribution in [0.15, 0.2) is 18.2 Å². The van der Waals surface area contributed by atoms with Crippen LogP contribution in [-0.2, 0) is 4.74 Å². The van der Waals surface area contributed by atoms with Crippen molar-refractivity contribution in [3.63, 3.8) is 0 Å². The van der Waals surface area contributed by atoms with E-state index >= 15 is 0 Å². The van der Waals surface area contributed by atoms with Gasteiger partial charge in [-0.15, -0.1) is 0 Å².